The smallest absolute Gasteiger partial charge is 0.0369 e. The van der Waals surface area contributed by atoms with Crippen molar-refractivity contribution in [3.8, 4) is 0 Å². The van der Waals surface area contributed by atoms with E-state index in [1.165, 1.54) is 24.9 Å². The van der Waals surface area contributed by atoms with Crippen LogP contribution in [0.5, 0.6) is 0 Å². The first-order valence-corrected chi connectivity index (χ1v) is 6.36. The Balaban J connectivity index is 2.07. The molecule has 0 heterocycles. The van der Waals surface area contributed by atoms with E-state index in [-0.39, 0.29) is 5.41 Å². The van der Waals surface area contributed by atoms with Crippen LogP contribution in [-0.2, 0) is 0 Å². The fraction of sp³-hybridized carbons (Fsp3) is 0.600. The van der Waals surface area contributed by atoms with Crippen molar-refractivity contribution in [3.05, 3.63) is 35.9 Å². The fourth-order valence-electron chi connectivity index (χ4n) is 2.18. The Hall–Kier alpha value is -0.820. The van der Waals surface area contributed by atoms with E-state index in [4.69, 9.17) is 0 Å². The average molecular weight is 217 g/mol. The summed E-state index contributed by atoms with van der Waals surface area (Å²) in [6, 6.07) is 11.3. The zero-order valence-electron chi connectivity index (χ0n) is 10.7. The van der Waals surface area contributed by atoms with Crippen molar-refractivity contribution in [2.75, 3.05) is 6.54 Å². The van der Waals surface area contributed by atoms with Gasteiger partial charge in [-0.15, -0.1) is 0 Å². The van der Waals surface area contributed by atoms with E-state index in [9.17, 15) is 0 Å². The monoisotopic (exact) mass is 217 g/mol. The first-order valence-electron chi connectivity index (χ1n) is 6.36. The van der Waals surface area contributed by atoms with Gasteiger partial charge in [-0.25, -0.2) is 0 Å². The van der Waals surface area contributed by atoms with Gasteiger partial charge in [0.15, 0.2) is 0 Å². The van der Waals surface area contributed by atoms with Crippen LogP contribution in [0.4, 0.5) is 0 Å². The van der Waals surface area contributed by atoms with Crippen LogP contribution >= 0.6 is 0 Å². The lowest BCUT2D eigenvalue weighted by Crippen LogP contribution is -2.33. The van der Waals surface area contributed by atoms with Gasteiger partial charge in [0.1, 0.15) is 0 Å². The summed E-state index contributed by atoms with van der Waals surface area (Å²) in [7, 11) is 0. The van der Waals surface area contributed by atoms with Crippen LogP contribution < -0.4 is 5.32 Å². The van der Waals surface area contributed by atoms with E-state index in [2.05, 4.69) is 56.4 Å². The van der Waals surface area contributed by atoms with Gasteiger partial charge in [-0.05, 0) is 36.3 Å². The Labute approximate surface area is 99.3 Å². The molecular weight excluding hydrogens is 194 g/mol. The van der Waals surface area contributed by atoms with Crippen LogP contribution in [0.1, 0.15) is 45.2 Å². The third kappa shape index (κ3) is 3.08. The highest BCUT2D eigenvalue weighted by Crippen LogP contribution is 2.34. The van der Waals surface area contributed by atoms with Gasteiger partial charge >= 0.3 is 0 Å². The molecule has 1 atom stereocenters. The molecule has 1 unspecified atom stereocenters. The van der Waals surface area contributed by atoms with Gasteiger partial charge in [-0.1, -0.05) is 51.1 Å². The largest absolute Gasteiger partial charge is 0.309 e. The van der Waals surface area contributed by atoms with Crippen molar-refractivity contribution in [1.82, 2.24) is 5.32 Å². The van der Waals surface area contributed by atoms with Crippen LogP contribution in [0.3, 0.4) is 0 Å². The van der Waals surface area contributed by atoms with Crippen molar-refractivity contribution >= 4 is 0 Å². The molecule has 88 valence electrons. The molecule has 0 aliphatic heterocycles. The second-order valence-corrected chi connectivity index (χ2v) is 6.06. The minimum Gasteiger partial charge on any atom is -0.309 e. The Bertz CT molecular complexity index is 319. The van der Waals surface area contributed by atoms with Crippen molar-refractivity contribution in [2.45, 2.75) is 39.7 Å². The predicted octanol–water partition coefficient (Wildman–Crippen LogP) is 3.77. The van der Waals surface area contributed by atoms with Crippen molar-refractivity contribution in [1.29, 1.82) is 0 Å². The van der Waals surface area contributed by atoms with Gasteiger partial charge in [0.2, 0.25) is 0 Å². The van der Waals surface area contributed by atoms with Crippen molar-refractivity contribution in [3.63, 3.8) is 0 Å². The summed E-state index contributed by atoms with van der Waals surface area (Å²) >= 11 is 0. The third-order valence-corrected chi connectivity index (χ3v) is 3.31. The number of rotatable bonds is 4. The van der Waals surface area contributed by atoms with Crippen LogP contribution in [0.15, 0.2) is 30.3 Å². The Morgan fingerprint density at radius 1 is 1.19 bits per heavy atom. The average Bonchev–Trinajstić information content (AvgIpc) is 3.01. The van der Waals surface area contributed by atoms with E-state index in [0.29, 0.717) is 6.04 Å². The molecule has 0 spiro atoms. The topological polar surface area (TPSA) is 12.0 Å². The molecule has 0 saturated heterocycles. The van der Waals surface area contributed by atoms with E-state index < -0.39 is 0 Å². The predicted molar refractivity (Wildman–Crippen MR) is 69.4 cm³/mol. The molecule has 0 radical (unpaired) electrons. The van der Waals surface area contributed by atoms with E-state index in [1.54, 1.807) is 0 Å². The SMILES string of the molecule is CC(C)(C)C(NCC1CC1)c1ccccc1. The third-order valence-electron chi connectivity index (χ3n) is 3.31. The summed E-state index contributed by atoms with van der Waals surface area (Å²) in [5.74, 6) is 0.938. The number of hydrogen-bond donors (Lipinski definition) is 1. The van der Waals surface area contributed by atoms with Crippen LogP contribution in [0, 0.1) is 11.3 Å². The minimum absolute atomic E-state index is 0.274. The number of benzene rings is 1. The summed E-state index contributed by atoms with van der Waals surface area (Å²) < 4.78 is 0. The minimum atomic E-state index is 0.274. The molecule has 2 rings (SSSR count). The Kier molecular flexibility index (Phi) is 3.34. The summed E-state index contributed by atoms with van der Waals surface area (Å²) in [6.45, 7) is 8.11. The lowest BCUT2D eigenvalue weighted by Gasteiger charge is -2.32. The number of nitrogens with one attached hydrogen (secondary N) is 1. The summed E-state index contributed by atoms with van der Waals surface area (Å²) in [5, 5.41) is 3.74. The highest BCUT2D eigenvalue weighted by atomic mass is 14.9. The van der Waals surface area contributed by atoms with E-state index in [0.717, 1.165) is 5.92 Å². The molecule has 0 amide bonds. The molecule has 1 aliphatic carbocycles. The maximum Gasteiger partial charge on any atom is 0.0369 e. The van der Waals surface area contributed by atoms with E-state index in [1.807, 2.05) is 0 Å². The van der Waals surface area contributed by atoms with Gasteiger partial charge in [0.05, 0.1) is 0 Å². The summed E-state index contributed by atoms with van der Waals surface area (Å²) in [4.78, 5) is 0. The van der Waals surface area contributed by atoms with Crippen LogP contribution in [-0.4, -0.2) is 6.54 Å². The fourth-order valence-corrected chi connectivity index (χ4v) is 2.18. The van der Waals surface area contributed by atoms with Gasteiger partial charge in [0, 0.05) is 6.04 Å². The first-order chi connectivity index (χ1) is 7.57. The van der Waals surface area contributed by atoms with Gasteiger partial charge in [-0.3, -0.25) is 0 Å². The summed E-state index contributed by atoms with van der Waals surface area (Å²) in [6.07, 6.45) is 2.83. The molecule has 0 aromatic heterocycles. The maximum absolute atomic E-state index is 3.74. The lowest BCUT2D eigenvalue weighted by molar-refractivity contribution is 0.270. The molecular formula is C15H23N. The van der Waals surface area contributed by atoms with Crippen LogP contribution in [0.25, 0.3) is 0 Å². The standard InChI is InChI=1S/C15H23N/c1-15(2,3)14(16-11-12-9-10-12)13-7-5-4-6-8-13/h4-8,12,14,16H,9-11H2,1-3H3. The molecule has 1 aromatic carbocycles. The highest BCUT2D eigenvalue weighted by Gasteiger charge is 2.28. The molecule has 1 heteroatoms. The first kappa shape index (κ1) is 11.7. The molecule has 1 aromatic rings. The lowest BCUT2D eigenvalue weighted by atomic mass is 9.82. The zero-order valence-corrected chi connectivity index (χ0v) is 10.7. The van der Waals surface area contributed by atoms with Gasteiger partial charge in [-0.2, -0.15) is 0 Å². The molecule has 0 bridgehead atoms. The maximum atomic E-state index is 3.74. The van der Waals surface area contributed by atoms with Crippen molar-refractivity contribution in [2.24, 2.45) is 11.3 Å². The van der Waals surface area contributed by atoms with Crippen LogP contribution in [0.2, 0.25) is 0 Å². The van der Waals surface area contributed by atoms with Gasteiger partial charge in [0.25, 0.3) is 0 Å². The highest BCUT2D eigenvalue weighted by molar-refractivity contribution is 5.20. The molecule has 1 fully saturated rings. The normalized spacial score (nSPS) is 18.4. The Morgan fingerprint density at radius 2 is 1.81 bits per heavy atom. The molecule has 1 aliphatic rings. The second kappa shape index (κ2) is 4.58. The molecule has 1 N–H and O–H groups in total. The number of hydrogen-bond acceptors (Lipinski definition) is 1. The molecule has 1 saturated carbocycles. The van der Waals surface area contributed by atoms with Crippen molar-refractivity contribution < 1.29 is 0 Å². The van der Waals surface area contributed by atoms with E-state index >= 15 is 0 Å². The van der Waals surface area contributed by atoms with Gasteiger partial charge < -0.3 is 5.32 Å². The Morgan fingerprint density at radius 3 is 2.31 bits per heavy atom. The quantitative estimate of drug-likeness (QED) is 0.809. The molecule has 16 heavy (non-hydrogen) atoms. The molecule has 1 nitrogen and oxygen atoms in total. The summed E-state index contributed by atoms with van der Waals surface area (Å²) in [5.41, 5.74) is 1.69. The zero-order chi connectivity index (χ0) is 11.6. The second-order valence-electron chi connectivity index (χ2n) is 6.06.